The van der Waals surface area contributed by atoms with E-state index in [1.54, 1.807) is 0 Å². The van der Waals surface area contributed by atoms with Gasteiger partial charge in [-0.3, -0.25) is 4.68 Å². The molecule has 0 unspecified atom stereocenters. The Labute approximate surface area is 114 Å². The van der Waals surface area contributed by atoms with Gasteiger partial charge in [0.05, 0.1) is 16.4 Å². The minimum atomic E-state index is 0.347. The van der Waals surface area contributed by atoms with Gasteiger partial charge >= 0.3 is 0 Å². The van der Waals surface area contributed by atoms with E-state index < -0.39 is 0 Å². The third kappa shape index (κ3) is 2.42. The fourth-order valence-corrected chi connectivity index (χ4v) is 2.88. The van der Waals surface area contributed by atoms with Gasteiger partial charge in [0.15, 0.2) is 0 Å². The monoisotopic (exact) mass is 270 g/mol. The van der Waals surface area contributed by atoms with Gasteiger partial charge in [-0.2, -0.15) is 5.10 Å². The lowest BCUT2D eigenvalue weighted by Crippen LogP contribution is -2.56. The highest BCUT2D eigenvalue weighted by atomic mass is 35.5. The summed E-state index contributed by atoms with van der Waals surface area (Å²) in [5.41, 5.74) is 2.32. The molecular formula is C13H23ClN4. The van der Waals surface area contributed by atoms with Crippen LogP contribution in [0.15, 0.2) is 0 Å². The van der Waals surface area contributed by atoms with Crippen molar-refractivity contribution < 1.29 is 0 Å². The first-order valence-corrected chi connectivity index (χ1v) is 6.90. The average Bonchev–Trinajstić information content (AvgIpc) is 2.47. The lowest BCUT2D eigenvalue weighted by Gasteiger charge is -2.47. The SMILES string of the molecule is Cc1nn(C)c(CNCC2(N(C)C)CCC2)c1Cl. The Hall–Kier alpha value is -0.580. The zero-order chi connectivity index (χ0) is 13.3. The Morgan fingerprint density at radius 1 is 1.44 bits per heavy atom. The van der Waals surface area contributed by atoms with Crippen LogP contribution in [0.3, 0.4) is 0 Å². The number of rotatable bonds is 5. The third-order valence-corrected chi connectivity index (χ3v) is 4.73. The van der Waals surface area contributed by atoms with E-state index >= 15 is 0 Å². The van der Waals surface area contributed by atoms with E-state index in [2.05, 4.69) is 29.4 Å². The summed E-state index contributed by atoms with van der Waals surface area (Å²) < 4.78 is 1.87. The summed E-state index contributed by atoms with van der Waals surface area (Å²) in [6, 6.07) is 0. The summed E-state index contributed by atoms with van der Waals surface area (Å²) in [5, 5.41) is 8.65. The Bertz CT molecular complexity index is 421. The first-order valence-electron chi connectivity index (χ1n) is 6.52. The van der Waals surface area contributed by atoms with Crippen LogP contribution in [0.25, 0.3) is 0 Å². The minimum absolute atomic E-state index is 0.347. The fraction of sp³-hybridized carbons (Fsp3) is 0.769. The molecule has 0 amide bonds. The lowest BCUT2D eigenvalue weighted by molar-refractivity contribution is 0.0596. The van der Waals surface area contributed by atoms with Crippen molar-refractivity contribution in [3.63, 3.8) is 0 Å². The molecule has 1 heterocycles. The van der Waals surface area contributed by atoms with Crippen LogP contribution in [-0.4, -0.2) is 40.9 Å². The van der Waals surface area contributed by atoms with Gasteiger partial charge in [-0.05, 0) is 40.3 Å². The number of aromatic nitrogens is 2. The maximum Gasteiger partial charge on any atom is 0.0860 e. The lowest BCUT2D eigenvalue weighted by atomic mass is 9.75. The number of hydrogen-bond donors (Lipinski definition) is 1. The van der Waals surface area contributed by atoms with Crippen molar-refractivity contribution in [3.8, 4) is 0 Å². The Balaban J connectivity index is 1.92. The van der Waals surface area contributed by atoms with Gasteiger partial charge in [-0.15, -0.1) is 0 Å². The number of hydrogen-bond acceptors (Lipinski definition) is 3. The number of aryl methyl sites for hydroxylation is 2. The normalized spacial score (nSPS) is 18.1. The van der Waals surface area contributed by atoms with Gasteiger partial charge in [0, 0.05) is 25.7 Å². The zero-order valence-corrected chi connectivity index (χ0v) is 12.5. The molecule has 1 fully saturated rings. The molecule has 5 heteroatoms. The predicted octanol–water partition coefficient (Wildman–Crippen LogP) is 1.96. The van der Waals surface area contributed by atoms with E-state index in [1.807, 2.05) is 18.7 Å². The van der Waals surface area contributed by atoms with Crippen molar-refractivity contribution in [2.45, 2.75) is 38.3 Å². The number of likely N-dealkylation sites (N-methyl/N-ethyl adjacent to an activating group) is 1. The van der Waals surface area contributed by atoms with Crippen molar-refractivity contribution in [1.29, 1.82) is 0 Å². The van der Waals surface area contributed by atoms with Gasteiger partial charge in [-0.1, -0.05) is 11.6 Å². The second-order valence-electron chi connectivity index (χ2n) is 5.55. The highest BCUT2D eigenvalue weighted by Gasteiger charge is 2.38. The number of nitrogens with zero attached hydrogens (tertiary/aromatic N) is 3. The molecule has 0 aromatic carbocycles. The Morgan fingerprint density at radius 2 is 2.11 bits per heavy atom. The molecule has 4 nitrogen and oxygen atoms in total. The second-order valence-corrected chi connectivity index (χ2v) is 5.92. The highest BCUT2D eigenvalue weighted by molar-refractivity contribution is 6.31. The summed E-state index contributed by atoms with van der Waals surface area (Å²) in [4.78, 5) is 2.35. The van der Waals surface area contributed by atoms with Gasteiger partial charge in [0.25, 0.3) is 0 Å². The van der Waals surface area contributed by atoms with E-state index in [1.165, 1.54) is 19.3 Å². The quantitative estimate of drug-likeness (QED) is 0.888. The van der Waals surface area contributed by atoms with E-state index in [-0.39, 0.29) is 0 Å². The van der Waals surface area contributed by atoms with Gasteiger partial charge in [0.1, 0.15) is 0 Å². The van der Waals surface area contributed by atoms with Crippen LogP contribution in [-0.2, 0) is 13.6 Å². The molecule has 0 saturated heterocycles. The molecule has 1 aliphatic carbocycles. The fourth-order valence-electron chi connectivity index (χ4n) is 2.65. The summed E-state index contributed by atoms with van der Waals surface area (Å²) >= 11 is 6.24. The van der Waals surface area contributed by atoms with Crippen LogP contribution in [0.2, 0.25) is 5.02 Å². The van der Waals surface area contributed by atoms with Crippen LogP contribution >= 0.6 is 11.6 Å². The Morgan fingerprint density at radius 3 is 2.50 bits per heavy atom. The maximum absolute atomic E-state index is 6.24. The van der Waals surface area contributed by atoms with Crippen molar-refractivity contribution in [2.24, 2.45) is 7.05 Å². The molecule has 0 radical (unpaired) electrons. The first-order chi connectivity index (χ1) is 8.46. The van der Waals surface area contributed by atoms with E-state index in [9.17, 15) is 0 Å². The second kappa shape index (κ2) is 5.19. The molecule has 1 N–H and O–H groups in total. The van der Waals surface area contributed by atoms with Gasteiger partial charge in [-0.25, -0.2) is 0 Å². The van der Waals surface area contributed by atoms with Crippen LogP contribution in [0.1, 0.15) is 30.7 Å². The number of nitrogens with one attached hydrogen (secondary N) is 1. The van der Waals surface area contributed by atoms with Crippen LogP contribution in [0.5, 0.6) is 0 Å². The molecule has 102 valence electrons. The summed E-state index contributed by atoms with van der Waals surface area (Å²) in [6.07, 6.45) is 3.90. The molecule has 0 aliphatic heterocycles. The third-order valence-electron chi connectivity index (χ3n) is 4.24. The van der Waals surface area contributed by atoms with E-state index in [0.29, 0.717) is 5.54 Å². The largest absolute Gasteiger partial charge is 0.309 e. The zero-order valence-electron chi connectivity index (χ0n) is 11.8. The molecule has 0 spiro atoms. The van der Waals surface area contributed by atoms with Crippen molar-refractivity contribution >= 4 is 11.6 Å². The minimum Gasteiger partial charge on any atom is -0.309 e. The predicted molar refractivity (Wildman–Crippen MR) is 74.9 cm³/mol. The summed E-state index contributed by atoms with van der Waals surface area (Å²) in [6.45, 7) is 3.74. The first kappa shape index (κ1) is 13.8. The van der Waals surface area contributed by atoms with E-state index in [0.717, 1.165) is 29.5 Å². The molecule has 1 aliphatic rings. The molecular weight excluding hydrogens is 248 g/mol. The van der Waals surface area contributed by atoms with Crippen LogP contribution in [0, 0.1) is 6.92 Å². The Kier molecular flexibility index (Phi) is 3.99. The molecule has 2 rings (SSSR count). The standard InChI is InChI=1S/C13H23ClN4/c1-10-12(14)11(18(4)16-10)8-15-9-13(17(2)3)6-5-7-13/h15H,5-9H2,1-4H3. The molecule has 0 bridgehead atoms. The van der Waals surface area contributed by atoms with Crippen molar-refractivity contribution in [2.75, 3.05) is 20.6 Å². The molecule has 18 heavy (non-hydrogen) atoms. The smallest absolute Gasteiger partial charge is 0.0860 e. The van der Waals surface area contributed by atoms with Crippen LogP contribution in [0.4, 0.5) is 0 Å². The average molecular weight is 271 g/mol. The topological polar surface area (TPSA) is 33.1 Å². The molecule has 1 aromatic rings. The highest BCUT2D eigenvalue weighted by Crippen LogP contribution is 2.35. The molecule has 1 aromatic heterocycles. The summed E-state index contributed by atoms with van der Waals surface area (Å²) in [7, 11) is 6.28. The maximum atomic E-state index is 6.24. The van der Waals surface area contributed by atoms with Gasteiger partial charge in [0.2, 0.25) is 0 Å². The van der Waals surface area contributed by atoms with Gasteiger partial charge < -0.3 is 10.2 Å². The van der Waals surface area contributed by atoms with Crippen molar-refractivity contribution in [3.05, 3.63) is 16.4 Å². The summed E-state index contributed by atoms with van der Waals surface area (Å²) in [5.74, 6) is 0. The number of halogens is 1. The molecule has 1 saturated carbocycles. The van der Waals surface area contributed by atoms with Crippen molar-refractivity contribution in [1.82, 2.24) is 20.0 Å². The van der Waals surface area contributed by atoms with Crippen LogP contribution < -0.4 is 5.32 Å². The molecule has 0 atom stereocenters. The van der Waals surface area contributed by atoms with E-state index in [4.69, 9.17) is 11.6 Å².